The molecule has 0 aromatic heterocycles. The van der Waals surface area contributed by atoms with Crippen LogP contribution in [0.1, 0.15) is 20.3 Å². The van der Waals surface area contributed by atoms with Crippen molar-refractivity contribution in [1.82, 2.24) is 4.90 Å². The second-order valence-electron chi connectivity index (χ2n) is 3.07. The molecule has 1 aliphatic rings. The lowest BCUT2D eigenvalue weighted by molar-refractivity contribution is -0.124. The molecule has 0 spiro atoms. The van der Waals surface area contributed by atoms with Gasteiger partial charge in [-0.05, 0) is 5.92 Å². The van der Waals surface area contributed by atoms with E-state index in [1.54, 1.807) is 4.90 Å². The van der Waals surface area contributed by atoms with Crippen LogP contribution in [0.2, 0.25) is 0 Å². The lowest BCUT2D eigenvalue weighted by atomic mass is 10.1. The Morgan fingerprint density at radius 1 is 1.75 bits per heavy atom. The van der Waals surface area contributed by atoms with E-state index in [2.05, 4.69) is 13.8 Å². The molecule has 1 heterocycles. The van der Waals surface area contributed by atoms with Gasteiger partial charge in [-0.25, -0.2) is 0 Å². The van der Waals surface area contributed by atoms with Crippen molar-refractivity contribution in [3.63, 3.8) is 0 Å². The fourth-order valence-electron chi connectivity index (χ4n) is 0.998. The summed E-state index contributed by atoms with van der Waals surface area (Å²) in [5, 5.41) is 0. The normalized spacial score (nSPS) is 20.3. The second-order valence-corrected chi connectivity index (χ2v) is 4.68. The van der Waals surface area contributed by atoms with E-state index in [9.17, 15) is 4.79 Å². The number of hydrogen-bond acceptors (Lipinski definition) is 3. The molecule has 1 saturated heterocycles. The highest BCUT2D eigenvalue weighted by Gasteiger charge is 2.26. The fourth-order valence-corrected chi connectivity index (χ4v) is 2.09. The highest BCUT2D eigenvalue weighted by atomic mass is 32.2. The Bertz CT molecular complexity index is 189. The quantitative estimate of drug-likeness (QED) is 0.653. The molecular formula is C8H13NOS2. The molecule has 12 heavy (non-hydrogen) atoms. The molecule has 0 saturated carbocycles. The Kier molecular flexibility index (Phi) is 3.53. The van der Waals surface area contributed by atoms with Gasteiger partial charge in [0.2, 0.25) is 5.91 Å². The third-order valence-corrected chi connectivity index (χ3v) is 3.46. The molecule has 68 valence electrons. The number of carbonyl (C=O) groups is 1. The largest absolute Gasteiger partial charge is 0.297 e. The highest BCUT2D eigenvalue weighted by molar-refractivity contribution is 8.23. The maximum atomic E-state index is 11.3. The topological polar surface area (TPSA) is 20.3 Å². The second kappa shape index (κ2) is 4.23. The average molecular weight is 203 g/mol. The number of thioether (sulfide) groups is 1. The Morgan fingerprint density at radius 2 is 2.42 bits per heavy atom. The molecule has 1 aliphatic heterocycles. The van der Waals surface area contributed by atoms with E-state index in [0.717, 1.165) is 17.3 Å². The van der Waals surface area contributed by atoms with E-state index in [0.29, 0.717) is 11.7 Å². The molecule has 1 unspecified atom stereocenters. The van der Waals surface area contributed by atoms with Crippen LogP contribution >= 0.6 is 24.0 Å². The van der Waals surface area contributed by atoms with E-state index < -0.39 is 0 Å². The van der Waals surface area contributed by atoms with Crippen LogP contribution in [0.25, 0.3) is 0 Å². The maximum Gasteiger partial charge on any atom is 0.238 e. The van der Waals surface area contributed by atoms with Crippen molar-refractivity contribution < 1.29 is 4.79 Å². The maximum absolute atomic E-state index is 11.3. The zero-order chi connectivity index (χ0) is 9.14. The Labute approximate surface area is 82.7 Å². The molecule has 0 aliphatic carbocycles. The summed E-state index contributed by atoms with van der Waals surface area (Å²) >= 11 is 6.53. The molecule has 1 atom stereocenters. The van der Waals surface area contributed by atoms with Gasteiger partial charge in [0, 0.05) is 6.54 Å². The number of thiocarbonyl (C=S) groups is 1. The summed E-state index contributed by atoms with van der Waals surface area (Å²) in [6, 6.07) is 0. The zero-order valence-electron chi connectivity index (χ0n) is 7.37. The van der Waals surface area contributed by atoms with Gasteiger partial charge in [-0.15, -0.1) is 0 Å². The van der Waals surface area contributed by atoms with Crippen molar-refractivity contribution in [3.8, 4) is 0 Å². The summed E-state index contributed by atoms with van der Waals surface area (Å²) < 4.78 is 0.750. The summed E-state index contributed by atoms with van der Waals surface area (Å²) in [5.41, 5.74) is 0. The lowest BCUT2D eigenvalue weighted by Gasteiger charge is -2.18. The van der Waals surface area contributed by atoms with Crippen LogP contribution in [-0.2, 0) is 4.79 Å². The van der Waals surface area contributed by atoms with Crippen molar-refractivity contribution in [2.24, 2.45) is 5.92 Å². The van der Waals surface area contributed by atoms with Gasteiger partial charge in [0.1, 0.15) is 4.32 Å². The smallest absolute Gasteiger partial charge is 0.238 e. The summed E-state index contributed by atoms with van der Waals surface area (Å²) in [6.07, 6.45) is 1.09. The van der Waals surface area contributed by atoms with Crippen molar-refractivity contribution in [1.29, 1.82) is 0 Å². The molecule has 0 bridgehead atoms. The van der Waals surface area contributed by atoms with Gasteiger partial charge in [0.15, 0.2) is 0 Å². The Balaban J connectivity index is 2.50. The molecule has 0 N–H and O–H groups in total. The van der Waals surface area contributed by atoms with Crippen molar-refractivity contribution >= 4 is 34.2 Å². The van der Waals surface area contributed by atoms with E-state index in [-0.39, 0.29) is 5.91 Å². The first kappa shape index (κ1) is 9.99. The van der Waals surface area contributed by atoms with Gasteiger partial charge in [-0.1, -0.05) is 44.2 Å². The van der Waals surface area contributed by atoms with Crippen molar-refractivity contribution in [2.45, 2.75) is 20.3 Å². The molecule has 0 aromatic carbocycles. The summed E-state index contributed by atoms with van der Waals surface area (Å²) in [7, 11) is 0. The van der Waals surface area contributed by atoms with Crippen molar-refractivity contribution in [3.05, 3.63) is 0 Å². The van der Waals surface area contributed by atoms with Gasteiger partial charge >= 0.3 is 0 Å². The summed E-state index contributed by atoms with van der Waals surface area (Å²) in [6.45, 7) is 5.06. The van der Waals surface area contributed by atoms with E-state index in [1.165, 1.54) is 11.8 Å². The molecule has 1 amide bonds. The molecule has 0 aromatic rings. The first-order chi connectivity index (χ1) is 5.65. The minimum Gasteiger partial charge on any atom is -0.297 e. The molecule has 1 fully saturated rings. The van der Waals surface area contributed by atoms with E-state index in [4.69, 9.17) is 12.2 Å². The predicted molar refractivity (Wildman–Crippen MR) is 56.2 cm³/mol. The number of nitrogens with zero attached hydrogens (tertiary/aromatic N) is 1. The molecule has 1 rings (SSSR count). The van der Waals surface area contributed by atoms with Gasteiger partial charge in [0.05, 0.1) is 5.75 Å². The van der Waals surface area contributed by atoms with E-state index in [1.807, 2.05) is 0 Å². The first-order valence-electron chi connectivity index (χ1n) is 4.12. The third kappa shape index (κ3) is 2.20. The first-order valence-corrected chi connectivity index (χ1v) is 5.51. The standard InChI is InChI=1S/C8H13NOS2/c1-3-6(2)4-9-7(10)5-12-8(9)11/h6H,3-5H2,1-2H3. The zero-order valence-corrected chi connectivity index (χ0v) is 9.00. The number of carbonyl (C=O) groups excluding carboxylic acids is 1. The minimum absolute atomic E-state index is 0.172. The molecule has 2 nitrogen and oxygen atoms in total. The van der Waals surface area contributed by atoms with Crippen LogP contribution in [0, 0.1) is 5.92 Å². The molecule has 0 radical (unpaired) electrons. The van der Waals surface area contributed by atoms with Crippen LogP contribution in [0.3, 0.4) is 0 Å². The average Bonchev–Trinajstić information content (AvgIpc) is 2.35. The number of hydrogen-bond donors (Lipinski definition) is 0. The molecule has 4 heteroatoms. The van der Waals surface area contributed by atoms with Crippen LogP contribution in [-0.4, -0.2) is 27.4 Å². The number of amides is 1. The van der Waals surface area contributed by atoms with Crippen LogP contribution in [0.5, 0.6) is 0 Å². The van der Waals surface area contributed by atoms with Gasteiger partial charge in [-0.2, -0.15) is 0 Å². The minimum atomic E-state index is 0.172. The monoisotopic (exact) mass is 203 g/mol. The van der Waals surface area contributed by atoms with Crippen LogP contribution in [0.4, 0.5) is 0 Å². The summed E-state index contributed by atoms with van der Waals surface area (Å²) in [4.78, 5) is 13.0. The number of rotatable bonds is 3. The van der Waals surface area contributed by atoms with E-state index >= 15 is 0 Å². The third-order valence-electron chi connectivity index (χ3n) is 2.03. The van der Waals surface area contributed by atoms with Gasteiger partial charge < -0.3 is 0 Å². The van der Waals surface area contributed by atoms with Crippen molar-refractivity contribution in [2.75, 3.05) is 12.3 Å². The van der Waals surface area contributed by atoms with Crippen LogP contribution < -0.4 is 0 Å². The fraction of sp³-hybridized carbons (Fsp3) is 0.750. The lowest BCUT2D eigenvalue weighted by Crippen LogP contribution is -2.32. The predicted octanol–water partition coefficient (Wildman–Crippen LogP) is 1.89. The Morgan fingerprint density at radius 3 is 2.83 bits per heavy atom. The Hall–Kier alpha value is -0.0900. The summed E-state index contributed by atoms with van der Waals surface area (Å²) in [5.74, 6) is 1.26. The van der Waals surface area contributed by atoms with Gasteiger partial charge in [-0.3, -0.25) is 9.69 Å². The molecular weight excluding hydrogens is 190 g/mol. The van der Waals surface area contributed by atoms with Gasteiger partial charge in [0.25, 0.3) is 0 Å². The van der Waals surface area contributed by atoms with Crippen LogP contribution in [0.15, 0.2) is 0 Å². The SMILES string of the molecule is CCC(C)CN1C(=O)CSC1=S. The highest BCUT2D eigenvalue weighted by Crippen LogP contribution is 2.20.